The zero-order valence-corrected chi connectivity index (χ0v) is 12.4. The molecule has 110 valence electrons. The molecular formula is C18H20O3. The number of ether oxygens (including phenoxy) is 2. The monoisotopic (exact) mass is 284 g/mol. The highest BCUT2D eigenvalue weighted by Gasteiger charge is 2.50. The van der Waals surface area contributed by atoms with Crippen LogP contribution in [0.15, 0.2) is 48.5 Å². The summed E-state index contributed by atoms with van der Waals surface area (Å²) in [6.45, 7) is 0. The van der Waals surface area contributed by atoms with E-state index in [0.29, 0.717) is 11.5 Å². The molecule has 0 saturated heterocycles. The Morgan fingerprint density at radius 1 is 0.952 bits per heavy atom. The summed E-state index contributed by atoms with van der Waals surface area (Å²) in [5.41, 5.74) is 1.92. The van der Waals surface area contributed by atoms with E-state index in [-0.39, 0.29) is 5.41 Å². The van der Waals surface area contributed by atoms with Crippen molar-refractivity contribution in [1.29, 1.82) is 0 Å². The van der Waals surface area contributed by atoms with Crippen LogP contribution in [0, 0.1) is 0 Å². The van der Waals surface area contributed by atoms with Gasteiger partial charge in [-0.3, -0.25) is 0 Å². The van der Waals surface area contributed by atoms with E-state index >= 15 is 0 Å². The van der Waals surface area contributed by atoms with Gasteiger partial charge in [-0.25, -0.2) is 0 Å². The maximum absolute atomic E-state index is 10.9. The molecule has 0 radical (unpaired) electrons. The number of methoxy groups -OCH3 is 2. The molecule has 2 aromatic carbocycles. The quantitative estimate of drug-likeness (QED) is 0.913. The summed E-state index contributed by atoms with van der Waals surface area (Å²) in [4.78, 5) is 0. The van der Waals surface area contributed by atoms with Gasteiger partial charge < -0.3 is 14.6 Å². The second kappa shape index (κ2) is 5.41. The van der Waals surface area contributed by atoms with Crippen molar-refractivity contribution in [3.05, 3.63) is 59.7 Å². The number of benzene rings is 2. The third kappa shape index (κ3) is 2.38. The predicted octanol–water partition coefficient (Wildman–Crippen LogP) is 3.47. The van der Waals surface area contributed by atoms with Gasteiger partial charge in [0.25, 0.3) is 0 Å². The number of aliphatic hydroxyl groups is 1. The summed E-state index contributed by atoms with van der Waals surface area (Å²) < 4.78 is 10.6. The van der Waals surface area contributed by atoms with E-state index in [1.165, 1.54) is 5.56 Å². The molecule has 0 aliphatic heterocycles. The maximum Gasteiger partial charge on any atom is 0.161 e. The zero-order valence-electron chi connectivity index (χ0n) is 12.4. The van der Waals surface area contributed by atoms with Crippen molar-refractivity contribution in [2.24, 2.45) is 0 Å². The van der Waals surface area contributed by atoms with Crippen LogP contribution in [0.2, 0.25) is 0 Å². The molecule has 1 fully saturated rings. The van der Waals surface area contributed by atoms with E-state index in [1.54, 1.807) is 14.2 Å². The van der Waals surface area contributed by atoms with Gasteiger partial charge in [-0.15, -0.1) is 0 Å². The molecule has 3 heteroatoms. The molecule has 0 spiro atoms. The van der Waals surface area contributed by atoms with Gasteiger partial charge >= 0.3 is 0 Å². The molecule has 0 heterocycles. The lowest BCUT2D eigenvalue weighted by molar-refractivity contribution is 0.132. The fourth-order valence-electron chi connectivity index (χ4n) is 2.97. The van der Waals surface area contributed by atoms with E-state index in [2.05, 4.69) is 12.1 Å². The third-order valence-corrected chi connectivity index (χ3v) is 4.38. The Balaban J connectivity index is 1.94. The Morgan fingerprint density at radius 2 is 1.62 bits per heavy atom. The van der Waals surface area contributed by atoms with Crippen molar-refractivity contribution < 1.29 is 14.6 Å². The summed E-state index contributed by atoms with van der Waals surface area (Å²) in [6.07, 6.45) is 1.48. The second-order valence-corrected chi connectivity index (χ2v) is 5.54. The second-order valence-electron chi connectivity index (χ2n) is 5.54. The molecule has 2 aromatic rings. The maximum atomic E-state index is 10.9. The highest BCUT2D eigenvalue weighted by atomic mass is 16.5. The largest absolute Gasteiger partial charge is 0.493 e. The van der Waals surface area contributed by atoms with Crippen LogP contribution in [0.4, 0.5) is 0 Å². The smallest absolute Gasteiger partial charge is 0.161 e. The minimum Gasteiger partial charge on any atom is -0.493 e. The van der Waals surface area contributed by atoms with Crippen molar-refractivity contribution in [3.63, 3.8) is 0 Å². The number of rotatable bonds is 5. The van der Waals surface area contributed by atoms with Crippen LogP contribution in [-0.2, 0) is 5.41 Å². The first-order chi connectivity index (χ1) is 10.2. The molecule has 0 bridgehead atoms. The SMILES string of the molecule is COc1ccc(C(O)C2(c3ccccc3)CC2)cc1OC. The van der Waals surface area contributed by atoms with Gasteiger partial charge in [-0.2, -0.15) is 0 Å². The molecule has 1 N–H and O–H groups in total. The molecule has 3 rings (SSSR count). The van der Waals surface area contributed by atoms with Crippen molar-refractivity contribution in [2.45, 2.75) is 24.4 Å². The minimum absolute atomic E-state index is 0.152. The molecule has 1 aliphatic carbocycles. The third-order valence-electron chi connectivity index (χ3n) is 4.38. The Kier molecular flexibility index (Phi) is 3.60. The lowest BCUT2D eigenvalue weighted by atomic mass is 9.86. The van der Waals surface area contributed by atoms with Crippen LogP contribution in [-0.4, -0.2) is 19.3 Å². The van der Waals surface area contributed by atoms with Gasteiger partial charge in [0.1, 0.15) is 0 Å². The average molecular weight is 284 g/mol. The van der Waals surface area contributed by atoms with E-state index < -0.39 is 6.10 Å². The summed E-state index contributed by atoms with van der Waals surface area (Å²) in [6, 6.07) is 15.9. The van der Waals surface area contributed by atoms with Gasteiger partial charge in [0, 0.05) is 5.41 Å². The molecule has 1 atom stereocenters. The van der Waals surface area contributed by atoms with Crippen LogP contribution in [0.3, 0.4) is 0 Å². The topological polar surface area (TPSA) is 38.7 Å². The normalized spacial score (nSPS) is 17.1. The van der Waals surface area contributed by atoms with Gasteiger partial charge in [0.15, 0.2) is 11.5 Å². The predicted molar refractivity (Wildman–Crippen MR) is 81.9 cm³/mol. The summed E-state index contributed by atoms with van der Waals surface area (Å²) in [7, 11) is 3.22. The minimum atomic E-state index is -0.528. The van der Waals surface area contributed by atoms with E-state index in [1.807, 2.05) is 36.4 Å². The molecular weight excluding hydrogens is 264 g/mol. The number of aliphatic hydroxyl groups excluding tert-OH is 1. The molecule has 3 nitrogen and oxygen atoms in total. The van der Waals surface area contributed by atoms with Gasteiger partial charge in [-0.1, -0.05) is 36.4 Å². The highest BCUT2D eigenvalue weighted by molar-refractivity contribution is 5.46. The van der Waals surface area contributed by atoms with E-state index in [9.17, 15) is 5.11 Å². The Hall–Kier alpha value is -2.00. The van der Waals surface area contributed by atoms with Crippen molar-refractivity contribution >= 4 is 0 Å². The molecule has 1 unspecified atom stereocenters. The summed E-state index contributed by atoms with van der Waals surface area (Å²) in [5.74, 6) is 1.33. The summed E-state index contributed by atoms with van der Waals surface area (Å²) >= 11 is 0. The molecule has 0 amide bonds. The van der Waals surface area contributed by atoms with Crippen molar-refractivity contribution in [2.75, 3.05) is 14.2 Å². The van der Waals surface area contributed by atoms with Crippen LogP contribution in [0.25, 0.3) is 0 Å². The molecule has 21 heavy (non-hydrogen) atoms. The zero-order chi connectivity index (χ0) is 14.9. The Bertz CT molecular complexity index is 618. The lowest BCUT2D eigenvalue weighted by Crippen LogP contribution is -2.18. The van der Waals surface area contributed by atoms with Crippen LogP contribution in [0.5, 0.6) is 11.5 Å². The first-order valence-electron chi connectivity index (χ1n) is 7.17. The fourth-order valence-corrected chi connectivity index (χ4v) is 2.97. The van der Waals surface area contributed by atoms with Crippen molar-refractivity contribution in [3.8, 4) is 11.5 Å². The first kappa shape index (κ1) is 14.0. The molecule has 0 aromatic heterocycles. The molecule has 1 aliphatic rings. The highest BCUT2D eigenvalue weighted by Crippen LogP contribution is 2.56. The Morgan fingerprint density at radius 3 is 2.19 bits per heavy atom. The van der Waals surface area contributed by atoms with Crippen LogP contribution < -0.4 is 9.47 Å². The number of hydrogen-bond donors (Lipinski definition) is 1. The van der Waals surface area contributed by atoms with Gasteiger partial charge in [0.2, 0.25) is 0 Å². The van der Waals surface area contributed by atoms with Crippen LogP contribution >= 0.6 is 0 Å². The number of hydrogen-bond acceptors (Lipinski definition) is 3. The first-order valence-corrected chi connectivity index (χ1v) is 7.17. The van der Waals surface area contributed by atoms with E-state index in [0.717, 1.165) is 18.4 Å². The molecule has 1 saturated carbocycles. The van der Waals surface area contributed by atoms with Gasteiger partial charge in [-0.05, 0) is 36.1 Å². The van der Waals surface area contributed by atoms with E-state index in [4.69, 9.17) is 9.47 Å². The van der Waals surface area contributed by atoms with Crippen LogP contribution in [0.1, 0.15) is 30.1 Å². The standard InChI is InChI=1S/C18H20O3/c1-20-15-9-8-13(12-16(15)21-2)17(19)18(10-11-18)14-6-4-3-5-7-14/h3-9,12,17,19H,10-11H2,1-2H3. The Labute approximate surface area is 125 Å². The lowest BCUT2D eigenvalue weighted by Gasteiger charge is -2.24. The van der Waals surface area contributed by atoms with Gasteiger partial charge in [0.05, 0.1) is 20.3 Å². The average Bonchev–Trinajstić information content (AvgIpc) is 3.36. The fraction of sp³-hybridized carbons (Fsp3) is 0.333. The summed E-state index contributed by atoms with van der Waals surface area (Å²) in [5, 5.41) is 10.9. The van der Waals surface area contributed by atoms with Crippen molar-refractivity contribution in [1.82, 2.24) is 0 Å².